The Kier molecular flexibility index (Phi) is 10.1. The normalized spacial score (nSPS) is 12.1. The van der Waals surface area contributed by atoms with Gasteiger partial charge in [-0.25, -0.2) is 8.42 Å². The predicted molar refractivity (Wildman–Crippen MR) is 137 cm³/mol. The molecule has 0 aliphatic rings. The molecule has 0 saturated heterocycles. The van der Waals surface area contributed by atoms with Crippen LogP contribution in [0.2, 0.25) is 0 Å². The highest BCUT2D eigenvalue weighted by Gasteiger charge is 2.26. The van der Waals surface area contributed by atoms with Gasteiger partial charge in [0.15, 0.2) is 0 Å². The quantitative estimate of drug-likeness (QED) is 0.495. The fourth-order valence-electron chi connectivity index (χ4n) is 3.70. The van der Waals surface area contributed by atoms with Crippen LogP contribution >= 0.6 is 0 Å². The lowest BCUT2D eigenvalue weighted by molar-refractivity contribution is -0.140. The number of sulfonamides is 1. The Morgan fingerprint density at radius 3 is 2.09 bits per heavy atom. The molecule has 2 rings (SSSR count). The summed E-state index contributed by atoms with van der Waals surface area (Å²) in [5.74, 6) is -0.397. The molecule has 7 nitrogen and oxygen atoms in total. The zero-order chi connectivity index (χ0) is 25.3. The van der Waals surface area contributed by atoms with Crippen LogP contribution in [0, 0.1) is 6.92 Å². The van der Waals surface area contributed by atoms with Gasteiger partial charge in [0.05, 0.1) is 11.9 Å². The third-order valence-electron chi connectivity index (χ3n) is 5.78. The minimum Gasteiger partial charge on any atom is -0.355 e. The second kappa shape index (κ2) is 12.6. The van der Waals surface area contributed by atoms with Crippen molar-refractivity contribution >= 4 is 27.5 Å². The lowest BCUT2D eigenvalue weighted by Gasteiger charge is -2.29. The predicted octanol–water partition coefficient (Wildman–Crippen LogP) is 3.66. The topological polar surface area (TPSA) is 86.8 Å². The van der Waals surface area contributed by atoms with Crippen molar-refractivity contribution in [3.8, 4) is 0 Å². The second-order valence-electron chi connectivity index (χ2n) is 8.54. The molecule has 1 N–H and O–H groups in total. The van der Waals surface area contributed by atoms with E-state index in [-0.39, 0.29) is 24.8 Å². The number of rotatable bonds is 12. The summed E-state index contributed by atoms with van der Waals surface area (Å²) in [5.41, 5.74) is 3.76. The average Bonchev–Trinajstić information content (AvgIpc) is 2.80. The molecule has 2 aromatic rings. The molecular weight excluding hydrogens is 450 g/mol. The molecule has 34 heavy (non-hydrogen) atoms. The number of anilines is 1. The Labute approximate surface area is 204 Å². The van der Waals surface area contributed by atoms with Gasteiger partial charge in [-0.1, -0.05) is 48.9 Å². The number of nitrogens with one attached hydrogen (secondary N) is 1. The Balaban J connectivity index is 2.13. The number of carbonyl (C=O) groups is 2. The van der Waals surface area contributed by atoms with Crippen LogP contribution in [0.1, 0.15) is 50.3 Å². The van der Waals surface area contributed by atoms with Crippen LogP contribution in [0.25, 0.3) is 0 Å². The van der Waals surface area contributed by atoms with Crippen LogP contribution in [0.4, 0.5) is 5.69 Å². The van der Waals surface area contributed by atoms with Gasteiger partial charge in [-0.15, -0.1) is 0 Å². The van der Waals surface area contributed by atoms with Crippen molar-refractivity contribution in [3.05, 3.63) is 65.2 Å². The molecule has 0 saturated carbocycles. The van der Waals surface area contributed by atoms with Crippen molar-refractivity contribution in [1.29, 1.82) is 0 Å². The molecule has 186 valence electrons. The van der Waals surface area contributed by atoms with E-state index in [1.54, 1.807) is 24.0 Å². The van der Waals surface area contributed by atoms with E-state index in [9.17, 15) is 18.0 Å². The van der Waals surface area contributed by atoms with E-state index < -0.39 is 16.1 Å². The van der Waals surface area contributed by atoms with Gasteiger partial charge in [0.1, 0.15) is 6.04 Å². The smallest absolute Gasteiger partial charge is 0.242 e. The largest absolute Gasteiger partial charge is 0.355 e. The Bertz CT molecular complexity index is 1050. The van der Waals surface area contributed by atoms with Crippen LogP contribution < -0.4 is 9.62 Å². The number of carbonyl (C=O) groups excluding carboxylic acids is 2. The number of aryl methyl sites for hydroxylation is 2. The molecule has 2 amide bonds. The van der Waals surface area contributed by atoms with Crippen LogP contribution in [-0.2, 0) is 32.6 Å². The van der Waals surface area contributed by atoms with Gasteiger partial charge in [-0.3, -0.25) is 13.9 Å². The molecular formula is C26H37N3O4S. The number of hydrogen-bond acceptors (Lipinski definition) is 4. The molecule has 0 radical (unpaired) electrons. The molecule has 0 bridgehead atoms. The number of nitrogens with zero attached hydrogens (tertiary/aromatic N) is 2. The summed E-state index contributed by atoms with van der Waals surface area (Å²) in [6.45, 7) is 8.57. The minimum absolute atomic E-state index is 0.134. The van der Waals surface area contributed by atoms with Crippen molar-refractivity contribution in [2.75, 3.05) is 23.7 Å². The van der Waals surface area contributed by atoms with Gasteiger partial charge >= 0.3 is 0 Å². The van der Waals surface area contributed by atoms with Crippen molar-refractivity contribution in [1.82, 2.24) is 10.2 Å². The van der Waals surface area contributed by atoms with Crippen molar-refractivity contribution in [3.63, 3.8) is 0 Å². The second-order valence-corrected chi connectivity index (χ2v) is 10.4. The monoisotopic (exact) mass is 487 g/mol. The van der Waals surface area contributed by atoms with Crippen LogP contribution in [-0.4, -0.2) is 50.5 Å². The van der Waals surface area contributed by atoms with E-state index in [4.69, 9.17) is 0 Å². The summed E-state index contributed by atoms with van der Waals surface area (Å²) in [6.07, 6.45) is 2.51. The maximum atomic E-state index is 13.2. The SMILES string of the molecule is CCNC(=O)[C@@H](C)N(Cc1ccc(C)cc1)C(=O)CCCN(c1ccc(CC)cc1)S(C)(=O)=O. The Hall–Kier alpha value is -2.87. The summed E-state index contributed by atoms with van der Waals surface area (Å²) in [6, 6.07) is 14.6. The highest BCUT2D eigenvalue weighted by Crippen LogP contribution is 2.20. The summed E-state index contributed by atoms with van der Waals surface area (Å²) < 4.78 is 26.2. The molecule has 1 atom stereocenters. The molecule has 0 aliphatic heterocycles. The molecule has 8 heteroatoms. The van der Waals surface area contributed by atoms with Crippen LogP contribution in [0.3, 0.4) is 0 Å². The fraction of sp³-hybridized carbons (Fsp3) is 0.462. The zero-order valence-corrected chi connectivity index (χ0v) is 21.7. The van der Waals surface area contributed by atoms with Crippen molar-refractivity contribution < 1.29 is 18.0 Å². The maximum absolute atomic E-state index is 13.2. The van der Waals surface area contributed by atoms with E-state index in [1.807, 2.05) is 57.2 Å². The van der Waals surface area contributed by atoms with E-state index in [0.717, 1.165) is 23.1 Å². The molecule has 2 aromatic carbocycles. The maximum Gasteiger partial charge on any atom is 0.242 e. The summed E-state index contributed by atoms with van der Waals surface area (Å²) in [4.78, 5) is 27.3. The fourth-order valence-corrected chi connectivity index (χ4v) is 4.66. The first-order chi connectivity index (χ1) is 16.1. The van der Waals surface area contributed by atoms with Gasteiger partial charge in [0, 0.05) is 26.1 Å². The highest BCUT2D eigenvalue weighted by atomic mass is 32.2. The first-order valence-electron chi connectivity index (χ1n) is 11.8. The van der Waals surface area contributed by atoms with E-state index in [2.05, 4.69) is 5.32 Å². The minimum atomic E-state index is -3.50. The molecule has 0 aliphatic carbocycles. The number of hydrogen-bond donors (Lipinski definition) is 1. The summed E-state index contributed by atoms with van der Waals surface area (Å²) in [5, 5.41) is 2.78. The molecule has 0 unspecified atom stereocenters. The third kappa shape index (κ3) is 7.87. The van der Waals surface area contributed by atoms with Gasteiger partial charge in [-0.05, 0) is 56.9 Å². The molecule has 0 spiro atoms. The summed E-state index contributed by atoms with van der Waals surface area (Å²) in [7, 11) is -3.50. The van der Waals surface area contributed by atoms with Crippen LogP contribution in [0.15, 0.2) is 48.5 Å². The van der Waals surface area contributed by atoms with Gasteiger partial charge < -0.3 is 10.2 Å². The van der Waals surface area contributed by atoms with E-state index in [0.29, 0.717) is 25.2 Å². The third-order valence-corrected chi connectivity index (χ3v) is 6.97. The number of amides is 2. The standard InChI is InChI=1S/C26H37N3O4S/c1-6-22-14-16-24(17-15-22)29(34(5,32)33)18-8-9-25(30)28(21(4)26(31)27-7-2)19-23-12-10-20(3)11-13-23/h10-17,21H,6-9,18-19H2,1-5H3,(H,27,31)/t21-/m1/s1. The number of benzene rings is 2. The zero-order valence-electron chi connectivity index (χ0n) is 20.9. The van der Waals surface area contributed by atoms with Gasteiger partial charge in [0.25, 0.3) is 0 Å². The van der Waals surface area contributed by atoms with Crippen molar-refractivity contribution in [2.24, 2.45) is 0 Å². The van der Waals surface area contributed by atoms with E-state index >= 15 is 0 Å². The number of likely N-dealkylation sites (N-methyl/N-ethyl adjacent to an activating group) is 1. The lowest BCUT2D eigenvalue weighted by atomic mass is 10.1. The Morgan fingerprint density at radius 1 is 0.971 bits per heavy atom. The first-order valence-corrected chi connectivity index (χ1v) is 13.6. The van der Waals surface area contributed by atoms with Crippen LogP contribution in [0.5, 0.6) is 0 Å². The van der Waals surface area contributed by atoms with Gasteiger partial charge in [-0.2, -0.15) is 0 Å². The summed E-state index contributed by atoms with van der Waals surface area (Å²) >= 11 is 0. The molecule has 0 heterocycles. The van der Waals surface area contributed by atoms with Gasteiger partial charge in [0.2, 0.25) is 21.8 Å². The molecule has 0 aromatic heterocycles. The highest BCUT2D eigenvalue weighted by molar-refractivity contribution is 7.92. The first kappa shape index (κ1) is 27.4. The van der Waals surface area contributed by atoms with E-state index in [1.165, 1.54) is 10.6 Å². The lowest BCUT2D eigenvalue weighted by Crippen LogP contribution is -2.47. The average molecular weight is 488 g/mol. The molecule has 0 fully saturated rings. The van der Waals surface area contributed by atoms with Crippen molar-refractivity contribution in [2.45, 2.75) is 59.5 Å². The Morgan fingerprint density at radius 2 is 1.56 bits per heavy atom.